The highest BCUT2D eigenvalue weighted by molar-refractivity contribution is 6.30. The molecule has 0 aliphatic carbocycles. The Kier molecular flexibility index (Phi) is 8.62. The molecule has 0 unspecified atom stereocenters. The van der Waals surface area contributed by atoms with Crippen molar-refractivity contribution in [3.05, 3.63) is 59.1 Å². The zero-order valence-corrected chi connectivity index (χ0v) is 19.9. The zero-order chi connectivity index (χ0) is 23.8. The van der Waals surface area contributed by atoms with Crippen LogP contribution in [0.1, 0.15) is 23.2 Å². The molecule has 0 radical (unpaired) electrons. The highest BCUT2D eigenvalue weighted by atomic mass is 35.5. The van der Waals surface area contributed by atoms with Gasteiger partial charge in [-0.1, -0.05) is 11.6 Å². The number of aliphatic imine (C=N–C) groups is 1. The van der Waals surface area contributed by atoms with E-state index in [-0.39, 0.29) is 11.7 Å². The number of rotatable bonds is 8. The molecule has 2 aliphatic heterocycles. The number of aromatic carboxylic acids is 1. The third-order valence-electron chi connectivity index (χ3n) is 6.02. The summed E-state index contributed by atoms with van der Waals surface area (Å²) in [6.45, 7) is 6.38. The molecule has 2 N–H and O–H groups in total. The zero-order valence-electron chi connectivity index (χ0n) is 19.2. The summed E-state index contributed by atoms with van der Waals surface area (Å²) in [4.78, 5) is 20.6. The molecule has 0 spiro atoms. The standard InChI is InChI=1S/C25H31ClN4O4/c26-20-5-9-22(10-6-20)34-17-15-29-11-13-30(14-12-29)25(27-18-23-2-1-16-33-23)28-21-7-3-19(4-8-21)24(31)32/h3-10,23H,1-2,11-18H2,(H,27,28)(H,31,32)/t23-/m0/s1. The lowest BCUT2D eigenvalue weighted by Crippen LogP contribution is -2.51. The summed E-state index contributed by atoms with van der Waals surface area (Å²) in [6.07, 6.45) is 2.28. The van der Waals surface area contributed by atoms with Gasteiger partial charge in [-0.25, -0.2) is 4.79 Å². The number of nitrogens with zero attached hydrogens (tertiary/aromatic N) is 3. The summed E-state index contributed by atoms with van der Waals surface area (Å²) in [6, 6.07) is 14.2. The number of piperazine rings is 1. The molecule has 8 nitrogen and oxygen atoms in total. The summed E-state index contributed by atoms with van der Waals surface area (Å²) in [5, 5.41) is 13.2. The van der Waals surface area contributed by atoms with Gasteiger partial charge in [0.15, 0.2) is 5.96 Å². The highest BCUT2D eigenvalue weighted by Gasteiger charge is 2.21. The Morgan fingerprint density at radius 1 is 1.12 bits per heavy atom. The maximum absolute atomic E-state index is 11.1. The number of carboxylic acid groups (broad SMARTS) is 1. The topological polar surface area (TPSA) is 86.6 Å². The number of hydrogen-bond donors (Lipinski definition) is 2. The van der Waals surface area contributed by atoms with E-state index >= 15 is 0 Å². The van der Waals surface area contributed by atoms with Crippen molar-refractivity contribution in [2.75, 3.05) is 57.8 Å². The van der Waals surface area contributed by atoms with Crippen LogP contribution in [0.4, 0.5) is 5.69 Å². The van der Waals surface area contributed by atoms with Crippen molar-refractivity contribution in [3.8, 4) is 5.75 Å². The second kappa shape index (κ2) is 12.1. The second-order valence-electron chi connectivity index (χ2n) is 8.44. The van der Waals surface area contributed by atoms with E-state index in [1.165, 1.54) is 0 Å². The largest absolute Gasteiger partial charge is 0.492 e. The monoisotopic (exact) mass is 486 g/mol. The summed E-state index contributed by atoms with van der Waals surface area (Å²) in [5.74, 6) is 0.690. The predicted octanol–water partition coefficient (Wildman–Crippen LogP) is 3.68. The average molecular weight is 487 g/mol. The van der Waals surface area contributed by atoms with E-state index in [9.17, 15) is 4.79 Å². The van der Waals surface area contributed by atoms with Crippen molar-refractivity contribution in [2.45, 2.75) is 18.9 Å². The lowest BCUT2D eigenvalue weighted by molar-refractivity contribution is 0.0697. The smallest absolute Gasteiger partial charge is 0.335 e. The number of nitrogens with one attached hydrogen (secondary N) is 1. The first-order chi connectivity index (χ1) is 16.6. The lowest BCUT2D eigenvalue weighted by atomic mass is 10.2. The first-order valence-electron chi connectivity index (χ1n) is 11.7. The molecule has 9 heteroatoms. The van der Waals surface area contributed by atoms with Crippen molar-refractivity contribution in [2.24, 2.45) is 4.99 Å². The van der Waals surface area contributed by atoms with Crippen LogP contribution in [0.2, 0.25) is 5.02 Å². The van der Waals surface area contributed by atoms with Gasteiger partial charge >= 0.3 is 5.97 Å². The lowest BCUT2D eigenvalue weighted by Gasteiger charge is -2.36. The summed E-state index contributed by atoms with van der Waals surface area (Å²) in [7, 11) is 0. The first-order valence-corrected chi connectivity index (χ1v) is 12.1. The molecule has 2 saturated heterocycles. The SMILES string of the molecule is O=C(O)c1ccc(NC(=NC[C@@H]2CCCO2)N2CCN(CCOc3ccc(Cl)cc3)CC2)cc1. The van der Waals surface area contributed by atoms with E-state index < -0.39 is 5.97 Å². The van der Waals surface area contributed by atoms with Crippen molar-refractivity contribution in [3.63, 3.8) is 0 Å². The number of carbonyl (C=O) groups is 1. The molecule has 0 bridgehead atoms. The second-order valence-corrected chi connectivity index (χ2v) is 8.87. The van der Waals surface area contributed by atoms with E-state index in [1.807, 2.05) is 24.3 Å². The predicted molar refractivity (Wildman–Crippen MR) is 133 cm³/mol. The van der Waals surface area contributed by atoms with Crippen molar-refractivity contribution < 1.29 is 19.4 Å². The minimum absolute atomic E-state index is 0.164. The molecule has 0 amide bonds. The van der Waals surface area contributed by atoms with Crippen LogP contribution >= 0.6 is 11.6 Å². The van der Waals surface area contributed by atoms with Crippen LogP contribution in [0.3, 0.4) is 0 Å². The number of carboxylic acids is 1. The summed E-state index contributed by atoms with van der Waals surface area (Å²) in [5.41, 5.74) is 1.08. The Labute approximate surface area is 205 Å². The van der Waals surface area contributed by atoms with Gasteiger partial charge < -0.3 is 24.8 Å². The molecular formula is C25H31ClN4O4. The van der Waals surface area contributed by atoms with Crippen LogP contribution in [0, 0.1) is 0 Å². The Morgan fingerprint density at radius 3 is 2.50 bits per heavy atom. The van der Waals surface area contributed by atoms with E-state index in [1.54, 1.807) is 24.3 Å². The maximum Gasteiger partial charge on any atom is 0.335 e. The summed E-state index contributed by atoms with van der Waals surface area (Å²) >= 11 is 5.92. The Hall–Kier alpha value is -2.81. The van der Waals surface area contributed by atoms with Crippen LogP contribution in [0.25, 0.3) is 0 Å². The van der Waals surface area contributed by atoms with Gasteiger partial charge in [0.25, 0.3) is 0 Å². The minimum atomic E-state index is -0.935. The van der Waals surface area contributed by atoms with Gasteiger partial charge in [-0.05, 0) is 61.4 Å². The molecule has 182 valence electrons. The fourth-order valence-corrected chi connectivity index (χ4v) is 4.15. The third kappa shape index (κ3) is 7.09. The van der Waals surface area contributed by atoms with Gasteiger partial charge in [-0.15, -0.1) is 0 Å². The number of ether oxygens (including phenoxy) is 2. The number of hydrogen-bond acceptors (Lipinski definition) is 5. The van der Waals surface area contributed by atoms with E-state index in [0.29, 0.717) is 18.2 Å². The highest BCUT2D eigenvalue weighted by Crippen LogP contribution is 2.17. The molecule has 2 aliphatic rings. The molecule has 0 aromatic heterocycles. The molecule has 34 heavy (non-hydrogen) atoms. The third-order valence-corrected chi connectivity index (χ3v) is 6.27. The molecule has 0 saturated carbocycles. The number of guanidine groups is 1. The number of halogens is 1. The molecular weight excluding hydrogens is 456 g/mol. The average Bonchev–Trinajstić information content (AvgIpc) is 3.37. The van der Waals surface area contributed by atoms with Gasteiger partial charge in [0.2, 0.25) is 0 Å². The van der Waals surface area contributed by atoms with Crippen molar-refractivity contribution >= 4 is 29.2 Å². The molecule has 1 atom stereocenters. The van der Waals surface area contributed by atoms with E-state index in [2.05, 4.69) is 15.1 Å². The molecule has 4 rings (SSSR count). The molecule has 2 heterocycles. The van der Waals surface area contributed by atoms with Crippen LogP contribution < -0.4 is 10.1 Å². The van der Waals surface area contributed by atoms with Crippen LogP contribution in [-0.2, 0) is 4.74 Å². The first kappa shape index (κ1) is 24.3. The minimum Gasteiger partial charge on any atom is -0.492 e. The van der Waals surface area contributed by atoms with Gasteiger partial charge in [0, 0.05) is 50.0 Å². The molecule has 2 aromatic carbocycles. The Bertz CT molecular complexity index is 954. The quantitative estimate of drug-likeness (QED) is 0.434. The van der Waals surface area contributed by atoms with Crippen molar-refractivity contribution in [1.82, 2.24) is 9.80 Å². The van der Waals surface area contributed by atoms with Gasteiger partial charge in [0.05, 0.1) is 18.2 Å². The van der Waals surface area contributed by atoms with Crippen LogP contribution in [0.15, 0.2) is 53.5 Å². The van der Waals surface area contributed by atoms with Crippen LogP contribution in [-0.4, -0.2) is 85.4 Å². The van der Waals surface area contributed by atoms with E-state index in [4.69, 9.17) is 31.2 Å². The Morgan fingerprint density at radius 2 is 1.85 bits per heavy atom. The van der Waals surface area contributed by atoms with Crippen molar-refractivity contribution in [1.29, 1.82) is 0 Å². The fourth-order valence-electron chi connectivity index (χ4n) is 4.03. The maximum atomic E-state index is 11.1. The Balaban J connectivity index is 1.31. The molecule has 2 fully saturated rings. The van der Waals surface area contributed by atoms with Gasteiger partial charge in [-0.3, -0.25) is 9.89 Å². The summed E-state index contributed by atoms with van der Waals surface area (Å²) < 4.78 is 11.6. The fraction of sp³-hybridized carbons (Fsp3) is 0.440. The van der Waals surface area contributed by atoms with Gasteiger partial charge in [0.1, 0.15) is 12.4 Å². The number of benzene rings is 2. The van der Waals surface area contributed by atoms with Gasteiger partial charge in [-0.2, -0.15) is 0 Å². The molecule has 2 aromatic rings. The number of anilines is 1. The van der Waals surface area contributed by atoms with Crippen LogP contribution in [0.5, 0.6) is 5.75 Å². The van der Waals surface area contributed by atoms with E-state index in [0.717, 1.165) is 69.6 Å². The normalized spacial score (nSPS) is 19.3.